The summed E-state index contributed by atoms with van der Waals surface area (Å²) in [6, 6.07) is 0. The number of hydrogen-bond donors (Lipinski definition) is 1. The molecule has 6 heteroatoms. The fraction of sp³-hybridized carbons (Fsp3) is 0.808. The van der Waals surface area contributed by atoms with Crippen molar-refractivity contribution in [3.05, 3.63) is 12.2 Å². The average Bonchev–Trinajstić information content (AvgIpc) is 3.02. The lowest BCUT2D eigenvalue weighted by Gasteiger charge is -2.69. The first-order chi connectivity index (χ1) is 14.8. The second-order valence-electron chi connectivity index (χ2n) is 11.7. The first-order valence-electron chi connectivity index (χ1n) is 12.0. The van der Waals surface area contributed by atoms with E-state index in [1.165, 1.54) is 13.8 Å². The van der Waals surface area contributed by atoms with Crippen LogP contribution in [0, 0.1) is 39.4 Å². The van der Waals surface area contributed by atoms with Crippen molar-refractivity contribution in [2.75, 3.05) is 6.61 Å². The zero-order chi connectivity index (χ0) is 23.7. The van der Waals surface area contributed by atoms with E-state index >= 15 is 0 Å². The lowest BCUT2D eigenvalue weighted by atomic mass is 9.35. The monoisotopic (exact) mass is 446 g/mol. The van der Waals surface area contributed by atoms with Gasteiger partial charge in [-0.3, -0.25) is 14.4 Å². The van der Waals surface area contributed by atoms with Crippen LogP contribution in [-0.4, -0.2) is 41.6 Å². The number of fused-ring (bicyclic) bond motifs is 5. The molecule has 178 valence electrons. The average molecular weight is 447 g/mol. The number of hydrogen-bond acceptors (Lipinski definition) is 6. The summed E-state index contributed by atoms with van der Waals surface area (Å²) in [5, 5.41) is 11.2. The summed E-state index contributed by atoms with van der Waals surface area (Å²) in [5.41, 5.74) is -1.53. The molecule has 1 N–H and O–H groups in total. The fourth-order valence-electron chi connectivity index (χ4n) is 8.55. The number of ketones is 1. The van der Waals surface area contributed by atoms with Gasteiger partial charge in [0.15, 0.2) is 0 Å². The highest BCUT2D eigenvalue weighted by molar-refractivity contribution is 5.86. The Labute approximate surface area is 191 Å². The third-order valence-electron chi connectivity index (χ3n) is 10.4. The zero-order valence-corrected chi connectivity index (χ0v) is 20.3. The first-order valence-corrected chi connectivity index (χ1v) is 12.0. The maximum Gasteiger partial charge on any atom is 0.302 e. The molecule has 0 bridgehead atoms. The van der Waals surface area contributed by atoms with Crippen LogP contribution in [0.3, 0.4) is 0 Å². The normalized spacial score (nSPS) is 49.6. The quantitative estimate of drug-likeness (QED) is 0.523. The second-order valence-corrected chi connectivity index (χ2v) is 11.7. The summed E-state index contributed by atoms with van der Waals surface area (Å²) in [6.45, 7) is 11.6. The third kappa shape index (κ3) is 2.97. The molecule has 0 aliphatic heterocycles. The van der Waals surface area contributed by atoms with Crippen LogP contribution in [0.25, 0.3) is 0 Å². The summed E-state index contributed by atoms with van der Waals surface area (Å²) in [4.78, 5) is 36.7. The Morgan fingerprint density at radius 3 is 2.38 bits per heavy atom. The van der Waals surface area contributed by atoms with Gasteiger partial charge in [0.2, 0.25) is 0 Å². The Bertz CT molecular complexity index is 864. The Hall–Kier alpha value is -1.69. The topological polar surface area (TPSA) is 89.9 Å². The Morgan fingerprint density at radius 1 is 1.06 bits per heavy atom. The maximum absolute atomic E-state index is 13.2. The van der Waals surface area contributed by atoms with Crippen molar-refractivity contribution in [3.63, 3.8) is 0 Å². The lowest BCUT2D eigenvalue weighted by molar-refractivity contribution is -0.243. The Morgan fingerprint density at radius 2 is 1.75 bits per heavy atom. The van der Waals surface area contributed by atoms with Gasteiger partial charge in [-0.15, -0.1) is 0 Å². The van der Waals surface area contributed by atoms with E-state index in [2.05, 4.69) is 20.8 Å². The predicted molar refractivity (Wildman–Crippen MR) is 118 cm³/mol. The highest BCUT2D eigenvalue weighted by Crippen LogP contribution is 2.73. The molecule has 4 aliphatic rings. The van der Waals surface area contributed by atoms with Crippen LogP contribution < -0.4 is 0 Å². The van der Waals surface area contributed by atoms with Gasteiger partial charge in [-0.05, 0) is 55.3 Å². The van der Waals surface area contributed by atoms with Crippen LogP contribution in [0.2, 0.25) is 0 Å². The van der Waals surface area contributed by atoms with Crippen LogP contribution >= 0.6 is 0 Å². The van der Waals surface area contributed by atoms with Gasteiger partial charge in [0.1, 0.15) is 18.5 Å². The smallest absolute Gasteiger partial charge is 0.302 e. The number of esters is 2. The minimum Gasteiger partial charge on any atom is -0.465 e. The van der Waals surface area contributed by atoms with E-state index in [0.29, 0.717) is 6.42 Å². The molecule has 9 atom stereocenters. The predicted octanol–water partition coefficient (Wildman–Crippen LogP) is 3.85. The molecular weight excluding hydrogens is 408 g/mol. The summed E-state index contributed by atoms with van der Waals surface area (Å²) >= 11 is 0. The van der Waals surface area contributed by atoms with Gasteiger partial charge >= 0.3 is 11.9 Å². The molecule has 0 heterocycles. The molecule has 6 nitrogen and oxygen atoms in total. The van der Waals surface area contributed by atoms with Crippen LogP contribution in [0.4, 0.5) is 0 Å². The van der Waals surface area contributed by atoms with Crippen LogP contribution in [0.5, 0.6) is 0 Å². The molecule has 0 aromatic rings. The number of ether oxygens (including phenoxy) is 2. The van der Waals surface area contributed by atoms with E-state index in [0.717, 1.165) is 25.7 Å². The fourth-order valence-corrected chi connectivity index (χ4v) is 8.55. The highest BCUT2D eigenvalue weighted by Gasteiger charge is 2.71. The van der Waals surface area contributed by atoms with Gasteiger partial charge in [0.25, 0.3) is 0 Å². The van der Waals surface area contributed by atoms with E-state index in [9.17, 15) is 19.5 Å². The van der Waals surface area contributed by atoms with Crippen LogP contribution in [0.1, 0.15) is 73.6 Å². The van der Waals surface area contributed by atoms with Crippen molar-refractivity contribution in [1.82, 2.24) is 0 Å². The summed E-state index contributed by atoms with van der Waals surface area (Å²) < 4.78 is 11.3. The van der Waals surface area contributed by atoms with Crippen molar-refractivity contribution in [2.24, 2.45) is 39.4 Å². The largest absolute Gasteiger partial charge is 0.465 e. The highest BCUT2D eigenvalue weighted by atomic mass is 16.5. The number of aliphatic hydroxyl groups is 1. The molecule has 0 amide bonds. The maximum atomic E-state index is 13.2. The number of aliphatic hydroxyl groups excluding tert-OH is 1. The molecule has 3 unspecified atom stereocenters. The van der Waals surface area contributed by atoms with Crippen LogP contribution in [-0.2, 0) is 23.9 Å². The molecule has 0 aromatic heterocycles. The Kier molecular flexibility index (Phi) is 5.43. The molecule has 3 fully saturated rings. The van der Waals surface area contributed by atoms with E-state index in [1.54, 1.807) is 0 Å². The number of carbonyl (C=O) groups excluding carboxylic acids is 3. The van der Waals surface area contributed by atoms with Gasteiger partial charge in [-0.2, -0.15) is 0 Å². The first kappa shape index (κ1) is 23.5. The van der Waals surface area contributed by atoms with E-state index in [4.69, 9.17) is 9.47 Å². The van der Waals surface area contributed by atoms with Gasteiger partial charge in [-0.25, -0.2) is 0 Å². The third-order valence-corrected chi connectivity index (χ3v) is 10.4. The number of Topliss-reactive ketones (excluding diaryl/α,β-unsaturated/α-hetero) is 1. The minimum atomic E-state index is -0.721. The number of rotatable bonds is 3. The van der Waals surface area contributed by atoms with Gasteiger partial charge in [0, 0.05) is 31.6 Å². The minimum absolute atomic E-state index is 0.0274. The number of carbonyl (C=O) groups is 3. The van der Waals surface area contributed by atoms with E-state index < -0.39 is 16.9 Å². The van der Waals surface area contributed by atoms with Crippen molar-refractivity contribution < 1.29 is 29.0 Å². The van der Waals surface area contributed by atoms with E-state index in [-0.39, 0.29) is 59.0 Å². The van der Waals surface area contributed by atoms with Crippen molar-refractivity contribution >= 4 is 17.7 Å². The summed E-state index contributed by atoms with van der Waals surface area (Å²) in [7, 11) is 0. The molecule has 0 saturated heterocycles. The van der Waals surface area contributed by atoms with E-state index in [1.807, 2.05) is 19.1 Å². The molecule has 4 aliphatic carbocycles. The van der Waals surface area contributed by atoms with Crippen molar-refractivity contribution in [2.45, 2.75) is 85.9 Å². The van der Waals surface area contributed by atoms with Gasteiger partial charge in [-0.1, -0.05) is 32.9 Å². The molecular formula is C26H38O6. The van der Waals surface area contributed by atoms with Crippen LogP contribution in [0.15, 0.2) is 12.2 Å². The summed E-state index contributed by atoms with van der Waals surface area (Å²) in [5.74, 6) is -0.289. The summed E-state index contributed by atoms with van der Waals surface area (Å²) in [6.07, 6.45) is 6.69. The Balaban J connectivity index is 1.78. The SMILES string of the molecule is CC(=O)OC[C@]1(C)C(=O)CC[C@@]2(C)C1CC[C@]1(C)C2C[C@@H](OC(C)=O)C2C=C[C@H](O)[C@]21C. The standard InChI is InChI=1S/C26H38O6/c1-15(27)31-14-24(4)19-9-12-25(5)20(23(19,3)11-10-21(24)29)13-18(32-16(2)28)17-7-8-22(30)26(17,25)6/h7-8,17-20,22,30H,9-14H2,1-6H3/t17?,18-,19?,20?,22+,23+,24+,25-,26+/m1/s1. The molecule has 0 aromatic carbocycles. The molecule has 0 radical (unpaired) electrons. The lowest BCUT2D eigenvalue weighted by Crippen LogP contribution is -2.68. The molecule has 4 rings (SSSR count). The zero-order valence-electron chi connectivity index (χ0n) is 20.3. The second kappa shape index (κ2) is 7.41. The van der Waals surface area contributed by atoms with Crippen molar-refractivity contribution in [1.29, 1.82) is 0 Å². The molecule has 32 heavy (non-hydrogen) atoms. The van der Waals surface area contributed by atoms with Gasteiger partial charge in [0.05, 0.1) is 11.5 Å². The van der Waals surface area contributed by atoms with Gasteiger partial charge < -0.3 is 14.6 Å². The molecule has 0 spiro atoms. The van der Waals surface area contributed by atoms with Crippen molar-refractivity contribution in [3.8, 4) is 0 Å². The molecule has 3 saturated carbocycles.